The zero-order valence-corrected chi connectivity index (χ0v) is 13.1. The van der Waals surface area contributed by atoms with Gasteiger partial charge in [0.05, 0.1) is 11.4 Å². The van der Waals surface area contributed by atoms with E-state index in [1.165, 1.54) is 4.31 Å². The predicted molar refractivity (Wildman–Crippen MR) is 81.8 cm³/mol. The highest BCUT2D eigenvalue weighted by Gasteiger charge is 2.25. The van der Waals surface area contributed by atoms with E-state index in [0.29, 0.717) is 18.0 Å². The Bertz CT molecular complexity index is 588. The largest absolute Gasteiger partial charge is 0.316 e. The normalized spacial score (nSPS) is 11.6. The van der Waals surface area contributed by atoms with Crippen LogP contribution in [0.15, 0.2) is 23.1 Å². The third-order valence-electron chi connectivity index (χ3n) is 3.12. The molecule has 0 bridgehead atoms. The first-order chi connectivity index (χ1) is 9.48. The van der Waals surface area contributed by atoms with Gasteiger partial charge in [0, 0.05) is 13.1 Å². The zero-order chi connectivity index (χ0) is 15.2. The number of nitrogens with one attached hydrogen (secondary N) is 1. The van der Waals surface area contributed by atoms with Crippen molar-refractivity contribution >= 4 is 10.0 Å². The maximum atomic E-state index is 12.7. The lowest BCUT2D eigenvalue weighted by Crippen LogP contribution is -2.32. The van der Waals surface area contributed by atoms with Crippen LogP contribution < -0.4 is 5.32 Å². The van der Waals surface area contributed by atoms with E-state index < -0.39 is 10.0 Å². The van der Waals surface area contributed by atoms with Gasteiger partial charge in [-0.3, -0.25) is 0 Å². The smallest absolute Gasteiger partial charge is 0.244 e. The van der Waals surface area contributed by atoms with Crippen molar-refractivity contribution in [1.29, 1.82) is 0 Å². The summed E-state index contributed by atoms with van der Waals surface area (Å²) in [6, 6.07) is 5.34. The van der Waals surface area contributed by atoms with Crippen molar-refractivity contribution in [2.45, 2.75) is 31.7 Å². The molecule has 0 aromatic heterocycles. The fraction of sp³-hybridized carbons (Fsp3) is 0.467. The monoisotopic (exact) mass is 294 g/mol. The molecule has 20 heavy (non-hydrogen) atoms. The molecule has 1 aromatic rings. The molecule has 1 aromatic carbocycles. The van der Waals surface area contributed by atoms with E-state index in [1.807, 2.05) is 27.0 Å². The van der Waals surface area contributed by atoms with Crippen molar-refractivity contribution in [3.8, 4) is 12.3 Å². The van der Waals surface area contributed by atoms with E-state index in [2.05, 4.69) is 11.2 Å². The van der Waals surface area contributed by atoms with Gasteiger partial charge in [0.15, 0.2) is 0 Å². The average molecular weight is 294 g/mol. The number of hydrogen-bond acceptors (Lipinski definition) is 3. The molecular formula is C15H22N2O2S. The third kappa shape index (κ3) is 3.60. The SMILES string of the molecule is C#CCN(CCC)S(=O)(=O)c1cccc(CNC)c1C. The second kappa shape index (κ2) is 7.44. The second-order valence-electron chi connectivity index (χ2n) is 4.61. The minimum Gasteiger partial charge on any atom is -0.316 e. The van der Waals surface area contributed by atoms with E-state index in [4.69, 9.17) is 6.42 Å². The number of terminal acetylenes is 1. The summed E-state index contributed by atoms with van der Waals surface area (Å²) >= 11 is 0. The van der Waals surface area contributed by atoms with Crippen molar-refractivity contribution in [3.63, 3.8) is 0 Å². The minimum atomic E-state index is -3.53. The fourth-order valence-corrected chi connectivity index (χ4v) is 3.81. The van der Waals surface area contributed by atoms with Crippen LogP contribution in [-0.2, 0) is 16.6 Å². The van der Waals surface area contributed by atoms with Crippen LogP contribution in [0, 0.1) is 19.3 Å². The van der Waals surface area contributed by atoms with Crippen molar-refractivity contribution in [2.24, 2.45) is 0 Å². The van der Waals surface area contributed by atoms with Crippen LogP contribution in [0.25, 0.3) is 0 Å². The van der Waals surface area contributed by atoms with Crippen molar-refractivity contribution < 1.29 is 8.42 Å². The van der Waals surface area contributed by atoms with E-state index in [0.717, 1.165) is 17.5 Å². The number of benzene rings is 1. The molecule has 0 spiro atoms. The number of rotatable bonds is 7. The van der Waals surface area contributed by atoms with Gasteiger partial charge in [0.25, 0.3) is 0 Å². The Labute approximate surface area is 122 Å². The predicted octanol–water partition coefficient (Wildman–Crippen LogP) is 1.75. The van der Waals surface area contributed by atoms with Crippen LogP contribution in [0.4, 0.5) is 0 Å². The average Bonchev–Trinajstić information content (AvgIpc) is 2.41. The highest BCUT2D eigenvalue weighted by atomic mass is 32.2. The van der Waals surface area contributed by atoms with Gasteiger partial charge >= 0.3 is 0 Å². The maximum absolute atomic E-state index is 12.7. The fourth-order valence-electron chi connectivity index (χ4n) is 2.10. The molecule has 0 amide bonds. The van der Waals surface area contributed by atoms with Gasteiger partial charge in [0.1, 0.15) is 0 Å². The molecule has 0 aliphatic carbocycles. The van der Waals surface area contributed by atoms with Crippen LogP contribution in [0.2, 0.25) is 0 Å². The van der Waals surface area contributed by atoms with Gasteiger partial charge in [-0.2, -0.15) is 4.31 Å². The van der Waals surface area contributed by atoms with Crippen LogP contribution in [0.3, 0.4) is 0 Å². The molecular weight excluding hydrogens is 272 g/mol. The van der Waals surface area contributed by atoms with Crippen molar-refractivity contribution in [2.75, 3.05) is 20.1 Å². The second-order valence-corrected chi connectivity index (χ2v) is 6.52. The summed E-state index contributed by atoms with van der Waals surface area (Å²) in [5.41, 5.74) is 1.76. The maximum Gasteiger partial charge on any atom is 0.244 e. The topological polar surface area (TPSA) is 49.4 Å². The molecule has 0 saturated heterocycles. The van der Waals surface area contributed by atoms with Gasteiger partial charge in [-0.05, 0) is 37.6 Å². The van der Waals surface area contributed by atoms with Gasteiger partial charge < -0.3 is 5.32 Å². The molecule has 0 saturated carbocycles. The van der Waals surface area contributed by atoms with Gasteiger partial charge in [-0.15, -0.1) is 6.42 Å². The number of sulfonamides is 1. The summed E-state index contributed by atoms with van der Waals surface area (Å²) in [5.74, 6) is 2.42. The molecule has 0 aliphatic rings. The molecule has 0 heterocycles. The summed E-state index contributed by atoms with van der Waals surface area (Å²) in [4.78, 5) is 0.342. The van der Waals surface area contributed by atoms with Crippen molar-refractivity contribution in [3.05, 3.63) is 29.3 Å². The third-order valence-corrected chi connectivity index (χ3v) is 5.11. The van der Waals surface area contributed by atoms with Crippen LogP contribution in [-0.4, -0.2) is 32.9 Å². The summed E-state index contributed by atoms with van der Waals surface area (Å²) in [5, 5.41) is 3.04. The van der Waals surface area contributed by atoms with Gasteiger partial charge in [-0.25, -0.2) is 8.42 Å². The Kier molecular flexibility index (Phi) is 6.21. The molecule has 1 N–H and O–H groups in total. The molecule has 0 aliphatic heterocycles. The Morgan fingerprint density at radius 3 is 2.65 bits per heavy atom. The Balaban J connectivity index is 3.27. The van der Waals surface area contributed by atoms with E-state index >= 15 is 0 Å². The van der Waals surface area contributed by atoms with Gasteiger partial charge in [-0.1, -0.05) is 25.0 Å². The molecule has 1 rings (SSSR count). The molecule has 110 valence electrons. The van der Waals surface area contributed by atoms with Crippen molar-refractivity contribution in [1.82, 2.24) is 9.62 Å². The molecule has 0 fully saturated rings. The molecule has 0 unspecified atom stereocenters. The van der Waals surface area contributed by atoms with Gasteiger partial charge in [0.2, 0.25) is 10.0 Å². The standard InChI is InChI=1S/C15H22N2O2S/c1-5-10-17(11-6-2)20(18,19)15-9-7-8-14(12-16-4)13(15)3/h1,7-9,16H,6,10-12H2,2-4H3. The first-order valence-electron chi connectivity index (χ1n) is 6.65. The Morgan fingerprint density at radius 2 is 2.10 bits per heavy atom. The van der Waals surface area contributed by atoms with Crippen LogP contribution in [0.5, 0.6) is 0 Å². The highest BCUT2D eigenvalue weighted by Crippen LogP contribution is 2.22. The number of hydrogen-bond donors (Lipinski definition) is 1. The zero-order valence-electron chi connectivity index (χ0n) is 12.3. The lowest BCUT2D eigenvalue weighted by atomic mass is 10.1. The lowest BCUT2D eigenvalue weighted by molar-refractivity contribution is 0.445. The van der Waals surface area contributed by atoms with E-state index in [-0.39, 0.29) is 6.54 Å². The number of nitrogens with zero attached hydrogens (tertiary/aromatic N) is 1. The minimum absolute atomic E-state index is 0.103. The van der Waals surface area contributed by atoms with Crippen LogP contribution >= 0.6 is 0 Å². The highest BCUT2D eigenvalue weighted by molar-refractivity contribution is 7.89. The Hall–Kier alpha value is -1.35. The Morgan fingerprint density at radius 1 is 1.40 bits per heavy atom. The summed E-state index contributed by atoms with van der Waals surface area (Å²) in [7, 11) is -1.70. The van der Waals surface area contributed by atoms with E-state index in [1.54, 1.807) is 12.1 Å². The lowest BCUT2D eigenvalue weighted by Gasteiger charge is -2.21. The first kappa shape index (κ1) is 16.7. The van der Waals surface area contributed by atoms with E-state index in [9.17, 15) is 8.42 Å². The molecule has 5 heteroatoms. The summed E-state index contributed by atoms with van der Waals surface area (Å²) in [6.07, 6.45) is 6.02. The first-order valence-corrected chi connectivity index (χ1v) is 8.09. The molecule has 4 nitrogen and oxygen atoms in total. The quantitative estimate of drug-likeness (QED) is 0.779. The van der Waals surface area contributed by atoms with Crippen LogP contribution in [0.1, 0.15) is 24.5 Å². The summed E-state index contributed by atoms with van der Waals surface area (Å²) in [6.45, 7) is 4.94. The summed E-state index contributed by atoms with van der Waals surface area (Å²) < 4.78 is 26.8. The molecule has 0 atom stereocenters. The molecule has 0 radical (unpaired) electrons.